The van der Waals surface area contributed by atoms with E-state index in [-0.39, 0.29) is 12.5 Å². The maximum atomic E-state index is 11.9. The molecule has 0 aliphatic carbocycles. The van der Waals surface area contributed by atoms with Gasteiger partial charge in [-0.1, -0.05) is 13.8 Å². The van der Waals surface area contributed by atoms with Crippen LogP contribution >= 0.6 is 0 Å². The summed E-state index contributed by atoms with van der Waals surface area (Å²) < 4.78 is 5.56. The molecular formula is C15H21NO4. The van der Waals surface area contributed by atoms with Crippen LogP contribution in [-0.2, 0) is 4.79 Å². The van der Waals surface area contributed by atoms with Gasteiger partial charge in [0.2, 0.25) is 0 Å². The molecule has 0 fully saturated rings. The monoisotopic (exact) mass is 279 g/mol. The van der Waals surface area contributed by atoms with Crippen LogP contribution in [-0.4, -0.2) is 42.1 Å². The van der Waals surface area contributed by atoms with Crippen molar-refractivity contribution in [3.05, 3.63) is 29.8 Å². The molecular weight excluding hydrogens is 258 g/mol. The third-order valence-corrected chi connectivity index (χ3v) is 2.78. The SMILES string of the molecule is CC(C)CCOc1ccc(C(=O)N(C)CC(=O)O)cc1. The molecule has 110 valence electrons. The lowest BCUT2D eigenvalue weighted by Gasteiger charge is -2.15. The molecule has 1 aromatic rings. The Morgan fingerprint density at radius 1 is 1.25 bits per heavy atom. The second-order valence-corrected chi connectivity index (χ2v) is 5.11. The van der Waals surface area contributed by atoms with E-state index in [4.69, 9.17) is 9.84 Å². The van der Waals surface area contributed by atoms with Crippen LogP contribution in [0.2, 0.25) is 0 Å². The van der Waals surface area contributed by atoms with Crippen molar-refractivity contribution in [2.24, 2.45) is 5.92 Å². The lowest BCUT2D eigenvalue weighted by Crippen LogP contribution is -2.31. The van der Waals surface area contributed by atoms with Crippen molar-refractivity contribution in [3.8, 4) is 5.75 Å². The summed E-state index contributed by atoms with van der Waals surface area (Å²) in [5.41, 5.74) is 0.449. The maximum absolute atomic E-state index is 11.9. The molecule has 0 saturated heterocycles. The highest BCUT2D eigenvalue weighted by atomic mass is 16.5. The molecule has 0 aliphatic heterocycles. The molecule has 5 heteroatoms. The Hall–Kier alpha value is -2.04. The van der Waals surface area contributed by atoms with Crippen molar-refractivity contribution in [1.82, 2.24) is 4.90 Å². The van der Waals surface area contributed by atoms with Gasteiger partial charge in [-0.15, -0.1) is 0 Å². The fraction of sp³-hybridized carbons (Fsp3) is 0.467. The number of carbonyl (C=O) groups excluding carboxylic acids is 1. The Labute approximate surface area is 119 Å². The van der Waals surface area contributed by atoms with Gasteiger partial charge in [-0.25, -0.2) is 0 Å². The number of ether oxygens (including phenoxy) is 1. The molecule has 0 bridgehead atoms. The number of hydrogen-bond donors (Lipinski definition) is 1. The highest BCUT2D eigenvalue weighted by Gasteiger charge is 2.14. The van der Waals surface area contributed by atoms with Gasteiger partial charge in [-0.2, -0.15) is 0 Å². The Balaban J connectivity index is 2.57. The number of likely N-dealkylation sites (N-methyl/N-ethyl adjacent to an activating group) is 1. The number of amides is 1. The van der Waals surface area contributed by atoms with E-state index in [1.54, 1.807) is 24.3 Å². The van der Waals surface area contributed by atoms with Gasteiger partial charge < -0.3 is 14.7 Å². The zero-order valence-corrected chi connectivity index (χ0v) is 12.1. The van der Waals surface area contributed by atoms with E-state index in [0.717, 1.165) is 11.3 Å². The van der Waals surface area contributed by atoms with Gasteiger partial charge in [0.1, 0.15) is 12.3 Å². The van der Waals surface area contributed by atoms with Gasteiger partial charge in [-0.3, -0.25) is 9.59 Å². The lowest BCUT2D eigenvalue weighted by atomic mass is 10.1. The molecule has 5 nitrogen and oxygen atoms in total. The molecule has 0 unspecified atom stereocenters. The number of nitrogens with zero attached hydrogens (tertiary/aromatic N) is 1. The van der Waals surface area contributed by atoms with E-state index in [1.807, 2.05) is 0 Å². The predicted molar refractivity (Wildman–Crippen MR) is 76.0 cm³/mol. The quantitative estimate of drug-likeness (QED) is 0.831. The normalized spacial score (nSPS) is 10.4. The van der Waals surface area contributed by atoms with E-state index < -0.39 is 5.97 Å². The predicted octanol–water partition coefficient (Wildman–Crippen LogP) is 2.27. The van der Waals surface area contributed by atoms with Gasteiger partial charge in [0, 0.05) is 12.6 Å². The van der Waals surface area contributed by atoms with E-state index >= 15 is 0 Å². The van der Waals surface area contributed by atoms with Gasteiger partial charge in [0.25, 0.3) is 5.91 Å². The van der Waals surface area contributed by atoms with E-state index in [1.165, 1.54) is 7.05 Å². The first-order chi connectivity index (χ1) is 9.40. The molecule has 1 amide bonds. The number of hydrogen-bond acceptors (Lipinski definition) is 3. The summed E-state index contributed by atoms with van der Waals surface area (Å²) in [7, 11) is 1.46. The second-order valence-electron chi connectivity index (χ2n) is 5.11. The average molecular weight is 279 g/mol. The molecule has 1 aromatic carbocycles. The van der Waals surface area contributed by atoms with Crippen molar-refractivity contribution in [1.29, 1.82) is 0 Å². The van der Waals surface area contributed by atoms with Gasteiger partial charge >= 0.3 is 5.97 Å². The smallest absolute Gasteiger partial charge is 0.323 e. The Bertz CT molecular complexity index is 453. The highest BCUT2D eigenvalue weighted by Crippen LogP contribution is 2.14. The maximum Gasteiger partial charge on any atom is 0.323 e. The lowest BCUT2D eigenvalue weighted by molar-refractivity contribution is -0.137. The summed E-state index contributed by atoms with van der Waals surface area (Å²) >= 11 is 0. The number of carboxylic acids is 1. The van der Waals surface area contributed by atoms with Crippen LogP contribution < -0.4 is 4.74 Å². The second kappa shape index (κ2) is 7.53. The topological polar surface area (TPSA) is 66.8 Å². The summed E-state index contributed by atoms with van der Waals surface area (Å²) in [6, 6.07) is 6.74. The van der Waals surface area contributed by atoms with Crippen molar-refractivity contribution in [2.75, 3.05) is 20.2 Å². The minimum atomic E-state index is -1.03. The minimum Gasteiger partial charge on any atom is -0.494 e. The third-order valence-electron chi connectivity index (χ3n) is 2.78. The van der Waals surface area contributed by atoms with E-state index in [9.17, 15) is 9.59 Å². The van der Waals surface area contributed by atoms with Crippen LogP contribution in [0.5, 0.6) is 5.75 Å². The molecule has 0 aliphatic rings. The van der Waals surface area contributed by atoms with Crippen LogP contribution in [0.25, 0.3) is 0 Å². The van der Waals surface area contributed by atoms with E-state index in [2.05, 4.69) is 13.8 Å². The van der Waals surface area contributed by atoms with Gasteiger partial charge in [-0.05, 0) is 36.6 Å². The minimum absolute atomic E-state index is 0.314. The summed E-state index contributed by atoms with van der Waals surface area (Å²) in [6.45, 7) is 4.59. The van der Waals surface area contributed by atoms with Gasteiger partial charge in [0.15, 0.2) is 0 Å². The third kappa shape index (κ3) is 5.30. The first kappa shape index (κ1) is 16.0. The summed E-state index contributed by atoms with van der Waals surface area (Å²) in [6.07, 6.45) is 0.974. The molecule has 20 heavy (non-hydrogen) atoms. The Morgan fingerprint density at radius 3 is 2.35 bits per heavy atom. The van der Waals surface area contributed by atoms with Crippen molar-refractivity contribution < 1.29 is 19.4 Å². The average Bonchev–Trinajstić information content (AvgIpc) is 2.37. The summed E-state index contributed by atoms with van der Waals surface area (Å²) in [5, 5.41) is 8.65. The number of carboxylic acid groups (broad SMARTS) is 1. The molecule has 0 heterocycles. The highest BCUT2D eigenvalue weighted by molar-refractivity contribution is 5.95. The molecule has 0 radical (unpaired) electrons. The Morgan fingerprint density at radius 2 is 1.85 bits per heavy atom. The summed E-state index contributed by atoms with van der Waals surface area (Å²) in [4.78, 5) is 23.6. The van der Waals surface area contributed by atoms with Crippen LogP contribution in [0.15, 0.2) is 24.3 Å². The first-order valence-corrected chi connectivity index (χ1v) is 6.60. The summed E-state index contributed by atoms with van der Waals surface area (Å²) in [5.74, 6) is -0.0563. The fourth-order valence-corrected chi connectivity index (χ4v) is 1.60. The van der Waals surface area contributed by atoms with Crippen LogP contribution in [0.1, 0.15) is 30.6 Å². The fourth-order valence-electron chi connectivity index (χ4n) is 1.60. The molecule has 0 aromatic heterocycles. The molecule has 1 N–H and O–H groups in total. The van der Waals surface area contributed by atoms with Crippen molar-refractivity contribution in [3.63, 3.8) is 0 Å². The zero-order chi connectivity index (χ0) is 15.1. The van der Waals surface area contributed by atoms with Crippen LogP contribution in [0.4, 0.5) is 0 Å². The standard InChI is InChI=1S/C15H21NO4/c1-11(2)8-9-20-13-6-4-12(5-7-13)15(19)16(3)10-14(17)18/h4-7,11H,8-10H2,1-3H3,(H,17,18). The number of rotatable bonds is 7. The first-order valence-electron chi connectivity index (χ1n) is 6.60. The molecule has 0 atom stereocenters. The number of benzene rings is 1. The molecule has 0 spiro atoms. The van der Waals surface area contributed by atoms with Crippen molar-refractivity contribution in [2.45, 2.75) is 20.3 Å². The van der Waals surface area contributed by atoms with Crippen LogP contribution in [0, 0.1) is 5.92 Å². The van der Waals surface area contributed by atoms with Crippen LogP contribution in [0.3, 0.4) is 0 Å². The zero-order valence-electron chi connectivity index (χ0n) is 12.1. The number of aliphatic carboxylic acids is 1. The largest absolute Gasteiger partial charge is 0.494 e. The van der Waals surface area contributed by atoms with Crippen molar-refractivity contribution >= 4 is 11.9 Å². The molecule has 1 rings (SSSR count). The van der Waals surface area contributed by atoms with E-state index in [0.29, 0.717) is 23.8 Å². The van der Waals surface area contributed by atoms with Gasteiger partial charge in [0.05, 0.1) is 6.61 Å². The number of carbonyl (C=O) groups is 2. The Kier molecular flexibility index (Phi) is 6.03. The molecule has 0 saturated carbocycles.